The summed E-state index contributed by atoms with van der Waals surface area (Å²) in [5, 5.41) is 4.92. The molecule has 1 aromatic heterocycles. The second-order valence-corrected chi connectivity index (χ2v) is 4.89. The Hall–Kier alpha value is -1.23. The van der Waals surface area contributed by atoms with E-state index in [1.165, 1.54) is 0 Å². The number of benzene rings is 1. The van der Waals surface area contributed by atoms with E-state index in [2.05, 4.69) is 10.3 Å². The van der Waals surface area contributed by atoms with E-state index >= 15 is 0 Å². The summed E-state index contributed by atoms with van der Waals surface area (Å²) in [6.07, 6.45) is 0. The number of aromatic amines is 1. The van der Waals surface area contributed by atoms with E-state index in [9.17, 15) is 4.79 Å². The molecule has 6 heteroatoms. The van der Waals surface area contributed by atoms with E-state index in [4.69, 9.17) is 11.6 Å². The van der Waals surface area contributed by atoms with Crippen LogP contribution < -0.4 is 5.32 Å². The van der Waals surface area contributed by atoms with Gasteiger partial charge >= 0.3 is 0 Å². The van der Waals surface area contributed by atoms with E-state index in [0.717, 1.165) is 37.1 Å². The number of nitrogens with zero attached hydrogens (tertiary/aromatic N) is 1. The highest BCUT2D eigenvalue weighted by molar-refractivity contribution is 6.31. The van der Waals surface area contributed by atoms with Crippen molar-refractivity contribution in [3.63, 3.8) is 0 Å². The highest BCUT2D eigenvalue weighted by atomic mass is 35.5. The summed E-state index contributed by atoms with van der Waals surface area (Å²) in [5.74, 6) is 0.0591. The lowest BCUT2D eigenvalue weighted by Crippen LogP contribution is -2.46. The monoisotopic (exact) mass is 299 g/mol. The Morgan fingerprint density at radius 1 is 1.21 bits per heavy atom. The van der Waals surface area contributed by atoms with Crippen LogP contribution in [0.25, 0.3) is 10.9 Å². The minimum absolute atomic E-state index is 0. The summed E-state index contributed by atoms with van der Waals surface area (Å²) < 4.78 is 0. The molecule has 1 aromatic carbocycles. The summed E-state index contributed by atoms with van der Waals surface area (Å²) in [6, 6.07) is 7.47. The van der Waals surface area contributed by atoms with Crippen LogP contribution in [0.5, 0.6) is 0 Å². The summed E-state index contributed by atoms with van der Waals surface area (Å²) in [6.45, 7) is 3.24. The maximum atomic E-state index is 12.3. The first-order valence-corrected chi connectivity index (χ1v) is 6.40. The van der Waals surface area contributed by atoms with Crippen LogP contribution in [0.3, 0.4) is 0 Å². The number of hydrogen-bond donors (Lipinski definition) is 2. The fraction of sp³-hybridized carbons (Fsp3) is 0.308. The van der Waals surface area contributed by atoms with E-state index in [1.54, 1.807) is 0 Å². The van der Waals surface area contributed by atoms with E-state index in [1.807, 2.05) is 29.2 Å². The first kappa shape index (κ1) is 14.2. The van der Waals surface area contributed by atoms with Crippen molar-refractivity contribution in [2.24, 2.45) is 0 Å². The minimum Gasteiger partial charge on any atom is -0.350 e. The largest absolute Gasteiger partial charge is 0.350 e. The summed E-state index contributed by atoms with van der Waals surface area (Å²) >= 11 is 5.93. The zero-order valence-electron chi connectivity index (χ0n) is 10.3. The molecule has 1 saturated heterocycles. The van der Waals surface area contributed by atoms with Crippen LogP contribution in [0.15, 0.2) is 24.3 Å². The van der Waals surface area contributed by atoms with Crippen molar-refractivity contribution in [2.45, 2.75) is 0 Å². The number of fused-ring (bicyclic) bond motifs is 1. The van der Waals surface area contributed by atoms with Gasteiger partial charge < -0.3 is 15.2 Å². The number of carbonyl (C=O) groups excluding carboxylic acids is 1. The van der Waals surface area contributed by atoms with E-state index in [-0.39, 0.29) is 18.3 Å². The average Bonchev–Trinajstić information content (AvgIpc) is 2.81. The molecule has 0 saturated carbocycles. The normalized spacial score (nSPS) is 15.3. The predicted molar refractivity (Wildman–Crippen MR) is 79.3 cm³/mol. The lowest BCUT2D eigenvalue weighted by Gasteiger charge is -2.26. The predicted octanol–water partition coefficient (Wildman–Crippen LogP) is 2.29. The highest BCUT2D eigenvalue weighted by Crippen LogP contribution is 2.20. The van der Waals surface area contributed by atoms with Gasteiger partial charge in [-0.25, -0.2) is 0 Å². The van der Waals surface area contributed by atoms with Crippen molar-refractivity contribution in [3.8, 4) is 0 Å². The van der Waals surface area contributed by atoms with E-state index < -0.39 is 0 Å². The van der Waals surface area contributed by atoms with Crippen LogP contribution in [0, 0.1) is 0 Å². The number of hydrogen-bond acceptors (Lipinski definition) is 2. The summed E-state index contributed by atoms with van der Waals surface area (Å²) in [5.41, 5.74) is 1.54. The van der Waals surface area contributed by atoms with Gasteiger partial charge in [0.25, 0.3) is 5.91 Å². The molecule has 19 heavy (non-hydrogen) atoms. The van der Waals surface area contributed by atoms with Crippen molar-refractivity contribution in [1.29, 1.82) is 0 Å². The Bertz CT molecular complexity index is 591. The number of aromatic nitrogens is 1. The first-order valence-electron chi connectivity index (χ1n) is 6.02. The number of carbonyl (C=O) groups is 1. The number of amides is 1. The van der Waals surface area contributed by atoms with Crippen molar-refractivity contribution in [2.75, 3.05) is 26.2 Å². The molecule has 0 aliphatic carbocycles. The second kappa shape index (κ2) is 5.82. The molecule has 1 fully saturated rings. The van der Waals surface area contributed by atoms with Gasteiger partial charge in [-0.1, -0.05) is 17.7 Å². The number of halogens is 2. The Balaban J connectivity index is 0.00000133. The fourth-order valence-corrected chi connectivity index (χ4v) is 2.42. The topological polar surface area (TPSA) is 48.1 Å². The van der Waals surface area contributed by atoms with Crippen LogP contribution in [0.4, 0.5) is 0 Å². The molecule has 3 rings (SSSR count). The van der Waals surface area contributed by atoms with Crippen LogP contribution >= 0.6 is 24.0 Å². The van der Waals surface area contributed by atoms with Gasteiger partial charge in [-0.05, 0) is 18.2 Å². The molecule has 0 bridgehead atoms. The molecular weight excluding hydrogens is 285 g/mol. The zero-order valence-corrected chi connectivity index (χ0v) is 11.9. The van der Waals surface area contributed by atoms with Gasteiger partial charge in [0.15, 0.2) is 0 Å². The van der Waals surface area contributed by atoms with Gasteiger partial charge in [-0.2, -0.15) is 0 Å². The number of H-pyrrole nitrogens is 1. The SMILES string of the molecule is Cl.O=C(c1cc2ccc(Cl)cc2[nH]1)N1CCNCC1. The van der Waals surface area contributed by atoms with Crippen molar-refractivity contribution < 1.29 is 4.79 Å². The average molecular weight is 300 g/mol. The van der Waals surface area contributed by atoms with Crippen LogP contribution in [-0.4, -0.2) is 42.0 Å². The van der Waals surface area contributed by atoms with Crippen LogP contribution in [-0.2, 0) is 0 Å². The molecule has 0 radical (unpaired) electrons. The van der Waals surface area contributed by atoms with Gasteiger partial charge in [0.1, 0.15) is 5.69 Å². The Kier molecular flexibility index (Phi) is 4.34. The molecule has 1 aliphatic heterocycles. The molecule has 2 heterocycles. The van der Waals surface area contributed by atoms with Crippen molar-refractivity contribution in [3.05, 3.63) is 35.0 Å². The third kappa shape index (κ3) is 2.86. The number of nitrogens with one attached hydrogen (secondary N) is 2. The quantitative estimate of drug-likeness (QED) is 0.849. The standard InChI is InChI=1S/C13H14ClN3O.ClH/c14-10-2-1-9-7-12(16-11(9)8-10)13(18)17-5-3-15-4-6-17;/h1-2,7-8,15-16H,3-6H2;1H. The number of piperazine rings is 1. The van der Waals surface area contributed by atoms with Crippen molar-refractivity contribution in [1.82, 2.24) is 15.2 Å². The van der Waals surface area contributed by atoms with Gasteiger partial charge in [0, 0.05) is 42.1 Å². The number of rotatable bonds is 1. The fourth-order valence-electron chi connectivity index (χ4n) is 2.25. The zero-order chi connectivity index (χ0) is 12.5. The lowest BCUT2D eigenvalue weighted by atomic mass is 10.2. The molecule has 1 aliphatic rings. The molecule has 0 spiro atoms. The maximum absolute atomic E-state index is 12.3. The molecule has 4 nitrogen and oxygen atoms in total. The summed E-state index contributed by atoms with van der Waals surface area (Å²) in [4.78, 5) is 17.3. The minimum atomic E-state index is 0. The smallest absolute Gasteiger partial charge is 0.270 e. The molecular formula is C13H15Cl2N3O. The summed E-state index contributed by atoms with van der Waals surface area (Å²) in [7, 11) is 0. The lowest BCUT2D eigenvalue weighted by molar-refractivity contribution is 0.0731. The van der Waals surface area contributed by atoms with Gasteiger partial charge in [-0.3, -0.25) is 4.79 Å². The molecule has 0 atom stereocenters. The third-order valence-electron chi connectivity index (χ3n) is 3.22. The van der Waals surface area contributed by atoms with Gasteiger partial charge in [0.05, 0.1) is 0 Å². The molecule has 2 aromatic rings. The van der Waals surface area contributed by atoms with Crippen LogP contribution in [0.2, 0.25) is 5.02 Å². The second-order valence-electron chi connectivity index (χ2n) is 4.46. The highest BCUT2D eigenvalue weighted by Gasteiger charge is 2.19. The molecule has 1 amide bonds. The third-order valence-corrected chi connectivity index (χ3v) is 3.45. The Morgan fingerprint density at radius 3 is 2.68 bits per heavy atom. The molecule has 0 unspecified atom stereocenters. The first-order chi connectivity index (χ1) is 8.74. The molecule has 102 valence electrons. The van der Waals surface area contributed by atoms with Gasteiger partial charge in [-0.15, -0.1) is 12.4 Å². The maximum Gasteiger partial charge on any atom is 0.270 e. The van der Waals surface area contributed by atoms with E-state index in [0.29, 0.717) is 10.7 Å². The van der Waals surface area contributed by atoms with Crippen molar-refractivity contribution >= 4 is 40.8 Å². The Morgan fingerprint density at radius 2 is 1.95 bits per heavy atom. The molecule has 2 N–H and O–H groups in total. The van der Waals surface area contributed by atoms with Crippen LogP contribution in [0.1, 0.15) is 10.5 Å². The Labute approximate surface area is 122 Å². The van der Waals surface area contributed by atoms with Gasteiger partial charge in [0.2, 0.25) is 0 Å².